The normalized spacial score (nSPS) is 14.6. The predicted octanol–water partition coefficient (Wildman–Crippen LogP) is 3.20. The molecule has 3 heterocycles. The molecule has 0 saturated carbocycles. The molecule has 2 aromatic carbocycles. The number of morpholine rings is 1. The second-order valence-corrected chi connectivity index (χ2v) is 8.18. The van der Waals surface area contributed by atoms with Crippen molar-refractivity contribution in [3.63, 3.8) is 0 Å². The van der Waals surface area contributed by atoms with Gasteiger partial charge in [-0.1, -0.05) is 47.3 Å². The third-order valence-electron chi connectivity index (χ3n) is 6.11. The van der Waals surface area contributed by atoms with Crippen molar-refractivity contribution in [1.82, 2.24) is 24.6 Å². The molecule has 1 aliphatic heterocycles. The second kappa shape index (κ2) is 9.56. The highest BCUT2D eigenvalue weighted by atomic mass is 16.7. The Morgan fingerprint density at radius 2 is 1.79 bits per heavy atom. The van der Waals surface area contributed by atoms with Gasteiger partial charge in [-0.2, -0.15) is 0 Å². The molecule has 8 heteroatoms. The number of rotatable bonds is 7. The van der Waals surface area contributed by atoms with Gasteiger partial charge in [-0.05, 0) is 42.3 Å². The molecule has 2 aromatic heterocycles. The Balaban J connectivity index is 1.40. The molecule has 0 atom stereocenters. The highest BCUT2D eigenvalue weighted by Crippen LogP contribution is 2.27. The van der Waals surface area contributed by atoms with Gasteiger partial charge in [0.15, 0.2) is 0 Å². The summed E-state index contributed by atoms with van der Waals surface area (Å²) in [4.78, 5) is 22.4. The van der Waals surface area contributed by atoms with Crippen LogP contribution in [-0.4, -0.2) is 63.4 Å². The van der Waals surface area contributed by atoms with Crippen LogP contribution in [0.4, 0.5) is 0 Å². The number of benzene rings is 2. The van der Waals surface area contributed by atoms with Crippen molar-refractivity contribution in [3.05, 3.63) is 71.9 Å². The lowest BCUT2D eigenvalue weighted by Gasteiger charge is -2.26. The molecule has 170 valence electrons. The van der Waals surface area contributed by atoms with Gasteiger partial charge in [-0.25, -0.2) is 4.79 Å². The van der Waals surface area contributed by atoms with Gasteiger partial charge in [0.2, 0.25) is 0 Å². The van der Waals surface area contributed by atoms with Crippen LogP contribution in [0.15, 0.2) is 60.7 Å². The molecule has 0 aliphatic carbocycles. The topological polar surface area (TPSA) is 74.4 Å². The summed E-state index contributed by atoms with van der Waals surface area (Å²) in [6.07, 6.45) is 0.984. The number of fused-ring (bicyclic) bond motifs is 1. The Morgan fingerprint density at radius 1 is 1.03 bits per heavy atom. The van der Waals surface area contributed by atoms with Crippen LogP contribution in [0.5, 0.6) is 0 Å². The van der Waals surface area contributed by atoms with Crippen LogP contribution in [0, 0.1) is 6.92 Å². The van der Waals surface area contributed by atoms with Crippen LogP contribution >= 0.6 is 0 Å². The number of aromatic nitrogens is 4. The summed E-state index contributed by atoms with van der Waals surface area (Å²) in [6, 6.07) is 19.4. The van der Waals surface area contributed by atoms with E-state index in [2.05, 4.69) is 31.9 Å². The van der Waals surface area contributed by atoms with Gasteiger partial charge in [-0.15, -0.1) is 5.10 Å². The van der Waals surface area contributed by atoms with Crippen LogP contribution in [-0.2, 0) is 11.3 Å². The van der Waals surface area contributed by atoms with E-state index in [0.717, 1.165) is 62.8 Å². The highest BCUT2D eigenvalue weighted by molar-refractivity contribution is 5.93. The first-order valence-corrected chi connectivity index (χ1v) is 11.3. The molecule has 0 bridgehead atoms. The van der Waals surface area contributed by atoms with Crippen molar-refractivity contribution in [2.45, 2.75) is 19.9 Å². The zero-order chi connectivity index (χ0) is 22.6. The Bertz CT molecular complexity index is 1240. The molecule has 1 aliphatic rings. The van der Waals surface area contributed by atoms with Gasteiger partial charge in [0.05, 0.1) is 18.8 Å². The average Bonchev–Trinajstić information content (AvgIpc) is 3.41. The summed E-state index contributed by atoms with van der Waals surface area (Å²) in [7, 11) is 0. The van der Waals surface area contributed by atoms with E-state index in [4.69, 9.17) is 9.57 Å². The van der Waals surface area contributed by atoms with Gasteiger partial charge < -0.3 is 14.1 Å². The molecule has 5 rings (SSSR count). The predicted molar refractivity (Wildman–Crippen MR) is 125 cm³/mol. The minimum Gasteiger partial charge on any atom is -0.379 e. The summed E-state index contributed by atoms with van der Waals surface area (Å²) in [5, 5.41) is 8.04. The van der Waals surface area contributed by atoms with Crippen LogP contribution < -0.4 is 4.84 Å². The number of hydrogen-bond acceptors (Lipinski definition) is 6. The first-order chi connectivity index (χ1) is 16.2. The first kappa shape index (κ1) is 21.4. The zero-order valence-electron chi connectivity index (χ0n) is 18.7. The van der Waals surface area contributed by atoms with Gasteiger partial charge >= 0.3 is 5.97 Å². The molecule has 1 saturated heterocycles. The number of ether oxygens (including phenoxy) is 1. The molecular weight excluding hydrogens is 418 g/mol. The molecule has 0 N–H and O–H groups in total. The van der Waals surface area contributed by atoms with E-state index >= 15 is 0 Å². The largest absolute Gasteiger partial charge is 0.379 e. The Hall–Kier alpha value is -3.49. The summed E-state index contributed by atoms with van der Waals surface area (Å²) < 4.78 is 7.66. The van der Waals surface area contributed by atoms with Crippen LogP contribution in [0.3, 0.4) is 0 Å². The fourth-order valence-corrected chi connectivity index (χ4v) is 4.31. The van der Waals surface area contributed by atoms with Crippen LogP contribution in [0.25, 0.3) is 22.3 Å². The third kappa shape index (κ3) is 4.53. The molecule has 33 heavy (non-hydrogen) atoms. The Labute approximate surface area is 192 Å². The van der Waals surface area contributed by atoms with E-state index in [1.54, 1.807) is 0 Å². The van der Waals surface area contributed by atoms with Crippen molar-refractivity contribution in [2.75, 3.05) is 32.8 Å². The molecule has 1 fully saturated rings. The fraction of sp³-hybridized carbons (Fsp3) is 0.320. The summed E-state index contributed by atoms with van der Waals surface area (Å²) >= 11 is 0. The molecule has 0 unspecified atom stereocenters. The van der Waals surface area contributed by atoms with E-state index in [-0.39, 0.29) is 0 Å². The van der Waals surface area contributed by atoms with Gasteiger partial charge in [0.25, 0.3) is 0 Å². The van der Waals surface area contributed by atoms with E-state index in [9.17, 15) is 4.79 Å². The van der Waals surface area contributed by atoms with E-state index in [1.807, 2.05) is 55.5 Å². The molecule has 0 radical (unpaired) electrons. The SMILES string of the molecule is Cc1c(C(=O)On2nnc3ccccc32)cc(-c2ccccc2)n1CCCN1CCOCC1. The van der Waals surface area contributed by atoms with Crippen molar-refractivity contribution in [2.24, 2.45) is 0 Å². The molecule has 8 nitrogen and oxygen atoms in total. The number of nitrogens with zero attached hydrogens (tertiary/aromatic N) is 5. The average molecular weight is 446 g/mol. The van der Waals surface area contributed by atoms with E-state index < -0.39 is 5.97 Å². The highest BCUT2D eigenvalue weighted by Gasteiger charge is 2.22. The molecular formula is C25H27N5O3. The van der Waals surface area contributed by atoms with Gasteiger partial charge in [0.1, 0.15) is 11.0 Å². The zero-order valence-corrected chi connectivity index (χ0v) is 18.7. The molecule has 0 spiro atoms. The van der Waals surface area contributed by atoms with Crippen molar-refractivity contribution < 1.29 is 14.4 Å². The lowest BCUT2D eigenvalue weighted by molar-refractivity contribution is 0.0368. The van der Waals surface area contributed by atoms with Crippen LogP contribution in [0.1, 0.15) is 22.5 Å². The maximum atomic E-state index is 13.1. The van der Waals surface area contributed by atoms with E-state index in [0.29, 0.717) is 16.6 Å². The number of carbonyl (C=O) groups excluding carboxylic acids is 1. The summed E-state index contributed by atoms with van der Waals surface area (Å²) in [5.41, 5.74) is 4.80. The van der Waals surface area contributed by atoms with Crippen molar-refractivity contribution in [3.8, 4) is 11.3 Å². The standard InChI is InChI=1S/C25H27N5O3/c1-19-21(25(31)33-30-23-11-6-5-10-22(23)26-27-30)18-24(20-8-3-2-4-9-20)29(19)13-7-12-28-14-16-32-17-15-28/h2-6,8-11,18H,7,12-17H2,1H3. The smallest absolute Gasteiger partial charge is 0.367 e. The van der Waals surface area contributed by atoms with E-state index in [1.165, 1.54) is 4.85 Å². The van der Waals surface area contributed by atoms with Gasteiger partial charge in [0, 0.05) is 37.6 Å². The maximum Gasteiger partial charge on any atom is 0.367 e. The van der Waals surface area contributed by atoms with Gasteiger partial charge in [-0.3, -0.25) is 4.90 Å². The molecule has 0 amide bonds. The maximum absolute atomic E-state index is 13.1. The molecule has 4 aromatic rings. The van der Waals surface area contributed by atoms with Crippen molar-refractivity contribution in [1.29, 1.82) is 0 Å². The lowest BCUT2D eigenvalue weighted by atomic mass is 10.1. The summed E-state index contributed by atoms with van der Waals surface area (Å²) in [6.45, 7) is 7.32. The quantitative estimate of drug-likeness (QED) is 0.407. The first-order valence-electron chi connectivity index (χ1n) is 11.3. The minimum absolute atomic E-state index is 0.452. The Morgan fingerprint density at radius 3 is 2.61 bits per heavy atom. The number of hydrogen-bond donors (Lipinski definition) is 0. The number of carbonyl (C=O) groups is 1. The third-order valence-corrected chi connectivity index (χ3v) is 6.11. The fourth-order valence-electron chi connectivity index (χ4n) is 4.31. The number of para-hydroxylation sites is 1. The van der Waals surface area contributed by atoms with Crippen LogP contribution in [0.2, 0.25) is 0 Å². The monoisotopic (exact) mass is 445 g/mol. The summed E-state index contributed by atoms with van der Waals surface area (Å²) in [5.74, 6) is -0.452. The lowest BCUT2D eigenvalue weighted by Crippen LogP contribution is -2.37. The minimum atomic E-state index is -0.452. The Kier molecular flexibility index (Phi) is 6.19. The van der Waals surface area contributed by atoms with Crippen molar-refractivity contribution >= 4 is 17.0 Å². The second-order valence-electron chi connectivity index (χ2n) is 8.18.